The fourth-order valence-electron chi connectivity index (χ4n) is 2.71. The summed E-state index contributed by atoms with van der Waals surface area (Å²) in [6.45, 7) is 7.52. The number of hydrogen-bond acceptors (Lipinski definition) is 4. The van der Waals surface area contributed by atoms with Crippen LogP contribution >= 0.6 is 0 Å². The van der Waals surface area contributed by atoms with Crippen molar-refractivity contribution in [3.05, 3.63) is 28.3 Å². The molecule has 1 aromatic carbocycles. The highest BCUT2D eigenvalue weighted by Crippen LogP contribution is 2.39. The van der Waals surface area contributed by atoms with Crippen LogP contribution in [-0.2, 0) is 11.2 Å². The lowest BCUT2D eigenvalue weighted by molar-refractivity contribution is -0.147. The molecule has 5 nitrogen and oxygen atoms in total. The van der Waals surface area contributed by atoms with Gasteiger partial charge in [0.05, 0.1) is 6.61 Å². The molecule has 0 saturated heterocycles. The lowest BCUT2D eigenvalue weighted by Crippen LogP contribution is -2.59. The van der Waals surface area contributed by atoms with Gasteiger partial charge in [0.25, 0.3) is 5.91 Å². The van der Waals surface area contributed by atoms with Crippen molar-refractivity contribution in [1.29, 1.82) is 0 Å². The van der Waals surface area contributed by atoms with Gasteiger partial charge in [-0.25, -0.2) is 0 Å². The highest BCUT2D eigenvalue weighted by Gasteiger charge is 2.47. The van der Waals surface area contributed by atoms with Crippen molar-refractivity contribution in [1.82, 2.24) is 5.32 Å². The number of benzene rings is 1. The first-order valence-corrected chi connectivity index (χ1v) is 7.17. The van der Waals surface area contributed by atoms with Gasteiger partial charge in [0.15, 0.2) is 0 Å². The Kier molecular flexibility index (Phi) is 4.25. The monoisotopic (exact) mass is 293 g/mol. The molecular formula is C16H23NO4. The second-order valence-corrected chi connectivity index (χ2v) is 5.85. The summed E-state index contributed by atoms with van der Waals surface area (Å²) < 4.78 is 5.94. The second kappa shape index (κ2) is 5.66. The summed E-state index contributed by atoms with van der Waals surface area (Å²) in [4.78, 5) is 12.3. The fourth-order valence-corrected chi connectivity index (χ4v) is 2.71. The fraction of sp³-hybridized carbons (Fsp3) is 0.562. The molecule has 1 amide bonds. The molecule has 0 radical (unpaired) electrons. The van der Waals surface area contributed by atoms with Crippen LogP contribution in [0.1, 0.15) is 29.2 Å². The van der Waals surface area contributed by atoms with Gasteiger partial charge in [0, 0.05) is 18.5 Å². The Morgan fingerprint density at radius 2 is 2.10 bits per heavy atom. The Labute approximate surface area is 124 Å². The molecule has 2 unspecified atom stereocenters. The maximum atomic E-state index is 12.3. The zero-order valence-corrected chi connectivity index (χ0v) is 13.0. The molecule has 21 heavy (non-hydrogen) atoms. The Morgan fingerprint density at radius 3 is 2.71 bits per heavy atom. The first kappa shape index (κ1) is 15.8. The lowest BCUT2D eigenvalue weighted by atomic mass is 9.85. The van der Waals surface area contributed by atoms with Gasteiger partial charge in [-0.3, -0.25) is 4.79 Å². The summed E-state index contributed by atoms with van der Waals surface area (Å²) in [5.41, 5.74) is 2.76. The zero-order valence-electron chi connectivity index (χ0n) is 13.0. The minimum absolute atomic E-state index is 0.142. The summed E-state index contributed by atoms with van der Waals surface area (Å²) in [7, 11) is 0. The van der Waals surface area contributed by atoms with E-state index in [-0.39, 0.29) is 13.2 Å². The van der Waals surface area contributed by atoms with Crippen LogP contribution in [0.15, 0.2) is 6.07 Å². The van der Waals surface area contributed by atoms with Crippen LogP contribution in [-0.4, -0.2) is 41.0 Å². The SMILES string of the molecule is Cc1cc(C)c2c(c1C)OC(C)(C(=O)NCCO)C(O)C2. The average Bonchev–Trinajstić information content (AvgIpc) is 2.44. The van der Waals surface area contributed by atoms with Gasteiger partial charge in [0.1, 0.15) is 11.9 Å². The van der Waals surface area contributed by atoms with Gasteiger partial charge in [0.2, 0.25) is 5.60 Å². The van der Waals surface area contributed by atoms with Crippen LogP contribution in [0.3, 0.4) is 0 Å². The van der Waals surface area contributed by atoms with Gasteiger partial charge < -0.3 is 20.3 Å². The molecule has 3 N–H and O–H groups in total. The first-order chi connectivity index (χ1) is 9.81. The molecule has 1 aliphatic heterocycles. The quantitative estimate of drug-likeness (QED) is 0.769. The normalized spacial score (nSPS) is 24.2. The number of aliphatic hydroxyl groups excluding tert-OH is 2. The molecule has 0 aromatic heterocycles. The number of hydrogen-bond donors (Lipinski definition) is 3. The number of carbonyl (C=O) groups excluding carboxylic acids is 1. The molecule has 0 saturated carbocycles. The van der Waals surface area contributed by atoms with Crippen LogP contribution in [0.2, 0.25) is 0 Å². The van der Waals surface area contributed by atoms with Gasteiger partial charge in [-0.2, -0.15) is 0 Å². The van der Waals surface area contributed by atoms with Gasteiger partial charge in [-0.15, -0.1) is 0 Å². The standard InChI is InChI=1S/C16H23NO4/c1-9-7-10(2)12-8-13(19)16(4,15(20)17-5-6-18)21-14(12)11(9)3/h7,13,18-19H,5-6,8H2,1-4H3,(H,17,20). The third kappa shape index (κ3) is 2.63. The third-order valence-corrected chi connectivity index (χ3v) is 4.31. The summed E-state index contributed by atoms with van der Waals surface area (Å²) >= 11 is 0. The Hall–Kier alpha value is -1.59. The maximum Gasteiger partial charge on any atom is 0.266 e. The lowest BCUT2D eigenvalue weighted by Gasteiger charge is -2.39. The summed E-state index contributed by atoms with van der Waals surface area (Å²) in [6.07, 6.45) is -0.546. The second-order valence-electron chi connectivity index (χ2n) is 5.85. The molecule has 0 bridgehead atoms. The Bertz CT molecular complexity index is 570. The summed E-state index contributed by atoms with van der Waals surface area (Å²) in [5, 5.41) is 21.8. The molecule has 2 atom stereocenters. The molecule has 0 spiro atoms. The van der Waals surface area contributed by atoms with E-state index in [2.05, 4.69) is 11.4 Å². The number of aliphatic hydroxyl groups is 2. The van der Waals surface area contributed by atoms with E-state index in [0.717, 1.165) is 22.3 Å². The van der Waals surface area contributed by atoms with Gasteiger partial charge >= 0.3 is 0 Å². The van der Waals surface area contributed by atoms with Gasteiger partial charge in [-0.05, 0) is 44.4 Å². The Balaban J connectivity index is 2.41. The minimum atomic E-state index is -1.34. The maximum absolute atomic E-state index is 12.3. The number of carbonyl (C=O) groups is 1. The van der Waals surface area contributed by atoms with Crippen molar-refractivity contribution < 1.29 is 19.7 Å². The molecule has 116 valence electrons. The summed E-state index contributed by atoms with van der Waals surface area (Å²) in [5.74, 6) is 0.285. The Morgan fingerprint density at radius 1 is 1.43 bits per heavy atom. The van der Waals surface area contributed by atoms with E-state index in [9.17, 15) is 9.90 Å². The number of fused-ring (bicyclic) bond motifs is 1. The summed E-state index contributed by atoms with van der Waals surface area (Å²) in [6, 6.07) is 2.07. The third-order valence-electron chi connectivity index (χ3n) is 4.31. The molecule has 5 heteroatoms. The number of nitrogens with one attached hydrogen (secondary N) is 1. The highest BCUT2D eigenvalue weighted by molar-refractivity contribution is 5.86. The van der Waals surface area contributed by atoms with Crippen molar-refractivity contribution in [3.63, 3.8) is 0 Å². The van der Waals surface area contributed by atoms with Crippen LogP contribution in [0.25, 0.3) is 0 Å². The van der Waals surface area contributed by atoms with Crippen LogP contribution in [0.5, 0.6) is 5.75 Å². The topological polar surface area (TPSA) is 78.8 Å². The van der Waals surface area contributed by atoms with Gasteiger partial charge in [-0.1, -0.05) is 6.07 Å². The van der Waals surface area contributed by atoms with Crippen LogP contribution in [0.4, 0.5) is 0 Å². The van der Waals surface area contributed by atoms with Crippen molar-refractivity contribution in [2.45, 2.75) is 45.8 Å². The number of aryl methyl sites for hydroxylation is 2. The predicted octanol–water partition coefficient (Wildman–Crippen LogP) is 0.775. The van der Waals surface area contributed by atoms with Crippen molar-refractivity contribution in [2.75, 3.05) is 13.2 Å². The van der Waals surface area contributed by atoms with Crippen LogP contribution in [0, 0.1) is 20.8 Å². The van der Waals surface area contributed by atoms with E-state index >= 15 is 0 Å². The molecule has 2 rings (SSSR count). The average molecular weight is 293 g/mol. The van der Waals surface area contributed by atoms with Crippen LogP contribution < -0.4 is 10.1 Å². The first-order valence-electron chi connectivity index (χ1n) is 7.17. The molecule has 1 aliphatic rings. The zero-order chi connectivity index (χ0) is 15.8. The predicted molar refractivity (Wildman–Crippen MR) is 79.5 cm³/mol. The molecule has 0 aliphatic carbocycles. The molecular weight excluding hydrogens is 270 g/mol. The van der Waals surface area contributed by atoms with E-state index in [1.54, 1.807) is 6.92 Å². The van der Waals surface area contributed by atoms with E-state index in [1.807, 2.05) is 20.8 Å². The molecule has 0 fully saturated rings. The van der Waals surface area contributed by atoms with E-state index < -0.39 is 17.6 Å². The number of amides is 1. The smallest absolute Gasteiger partial charge is 0.266 e. The van der Waals surface area contributed by atoms with E-state index in [1.165, 1.54) is 0 Å². The van der Waals surface area contributed by atoms with E-state index in [4.69, 9.17) is 9.84 Å². The number of rotatable bonds is 3. The van der Waals surface area contributed by atoms with Crippen molar-refractivity contribution >= 4 is 5.91 Å². The largest absolute Gasteiger partial charge is 0.474 e. The minimum Gasteiger partial charge on any atom is -0.474 e. The van der Waals surface area contributed by atoms with Crippen molar-refractivity contribution in [3.8, 4) is 5.75 Å². The number of ether oxygens (including phenoxy) is 1. The molecule has 1 aromatic rings. The molecule has 1 heterocycles. The highest BCUT2D eigenvalue weighted by atomic mass is 16.5. The van der Waals surface area contributed by atoms with Crippen molar-refractivity contribution in [2.24, 2.45) is 0 Å². The van der Waals surface area contributed by atoms with E-state index in [0.29, 0.717) is 12.2 Å².